The van der Waals surface area contributed by atoms with Gasteiger partial charge in [0.05, 0.1) is 6.20 Å². The summed E-state index contributed by atoms with van der Waals surface area (Å²) < 4.78 is 0. The van der Waals surface area contributed by atoms with E-state index in [4.69, 9.17) is 0 Å². The number of nitrogens with zero attached hydrogens (tertiary/aromatic N) is 3. The molecule has 0 saturated heterocycles. The molecule has 2 aromatic heterocycles. The van der Waals surface area contributed by atoms with Crippen molar-refractivity contribution in [1.82, 2.24) is 15.2 Å². The van der Waals surface area contributed by atoms with Crippen LogP contribution < -0.4 is 0 Å². The first-order valence-corrected chi connectivity index (χ1v) is 9.18. The molecule has 2 heterocycles. The molecule has 3 nitrogen and oxygen atoms in total. The monoisotopic (exact) mass is 321 g/mol. The SMILES string of the molecule is CCCSc1cc(C)cnn1.CCCSc1ccncc1. The second-order valence-corrected chi connectivity index (χ2v) is 6.73. The minimum absolute atomic E-state index is 1.03. The number of pyridine rings is 1. The molecule has 114 valence electrons. The molecular formula is C16H23N3S2. The van der Waals surface area contributed by atoms with E-state index in [1.165, 1.54) is 29.1 Å². The Hall–Kier alpha value is -1.07. The number of rotatable bonds is 6. The fraction of sp³-hybridized carbons (Fsp3) is 0.438. The summed E-state index contributed by atoms with van der Waals surface area (Å²) in [7, 11) is 0. The molecule has 2 rings (SSSR count). The van der Waals surface area contributed by atoms with E-state index in [1.54, 1.807) is 18.0 Å². The van der Waals surface area contributed by atoms with Gasteiger partial charge in [-0.3, -0.25) is 4.98 Å². The lowest BCUT2D eigenvalue weighted by atomic mass is 10.4. The van der Waals surface area contributed by atoms with Crippen LogP contribution in [0.15, 0.2) is 46.7 Å². The third kappa shape index (κ3) is 8.73. The molecule has 0 bridgehead atoms. The highest BCUT2D eigenvalue weighted by Gasteiger charge is 1.94. The quantitative estimate of drug-likeness (QED) is 0.710. The molecule has 2 aromatic rings. The van der Waals surface area contributed by atoms with Gasteiger partial charge in [-0.2, -0.15) is 5.10 Å². The van der Waals surface area contributed by atoms with Crippen molar-refractivity contribution in [2.75, 3.05) is 11.5 Å². The molecule has 0 radical (unpaired) electrons. The van der Waals surface area contributed by atoms with Gasteiger partial charge in [-0.25, -0.2) is 0 Å². The van der Waals surface area contributed by atoms with Gasteiger partial charge >= 0.3 is 0 Å². The Morgan fingerprint density at radius 1 is 1.00 bits per heavy atom. The molecular weight excluding hydrogens is 298 g/mol. The lowest BCUT2D eigenvalue weighted by Gasteiger charge is -1.97. The van der Waals surface area contributed by atoms with Crippen LogP contribution in [0.3, 0.4) is 0 Å². The number of aromatic nitrogens is 3. The molecule has 0 aromatic carbocycles. The molecule has 0 atom stereocenters. The summed E-state index contributed by atoms with van der Waals surface area (Å²) in [6.07, 6.45) is 7.85. The first-order valence-electron chi connectivity index (χ1n) is 7.21. The van der Waals surface area contributed by atoms with Crippen LogP contribution in [0.5, 0.6) is 0 Å². The molecule has 0 fully saturated rings. The van der Waals surface area contributed by atoms with Crippen molar-refractivity contribution in [3.63, 3.8) is 0 Å². The number of thioether (sulfide) groups is 2. The van der Waals surface area contributed by atoms with Gasteiger partial charge in [0.25, 0.3) is 0 Å². The van der Waals surface area contributed by atoms with Crippen molar-refractivity contribution < 1.29 is 0 Å². The van der Waals surface area contributed by atoms with Crippen LogP contribution in [0.2, 0.25) is 0 Å². The summed E-state index contributed by atoms with van der Waals surface area (Å²) >= 11 is 3.64. The summed E-state index contributed by atoms with van der Waals surface area (Å²) in [4.78, 5) is 5.26. The van der Waals surface area contributed by atoms with Crippen molar-refractivity contribution in [2.45, 2.75) is 43.5 Å². The highest BCUT2D eigenvalue weighted by atomic mass is 32.2. The van der Waals surface area contributed by atoms with Gasteiger partial charge in [-0.1, -0.05) is 13.8 Å². The Kier molecular flexibility index (Phi) is 9.91. The number of hydrogen-bond acceptors (Lipinski definition) is 5. The summed E-state index contributed by atoms with van der Waals surface area (Å²) in [5.74, 6) is 2.32. The highest BCUT2D eigenvalue weighted by molar-refractivity contribution is 7.99. The van der Waals surface area contributed by atoms with Crippen LogP contribution in [0.25, 0.3) is 0 Å². The Morgan fingerprint density at radius 2 is 1.67 bits per heavy atom. The second kappa shape index (κ2) is 11.6. The van der Waals surface area contributed by atoms with Gasteiger partial charge in [0.15, 0.2) is 0 Å². The zero-order valence-corrected chi connectivity index (χ0v) is 14.6. The van der Waals surface area contributed by atoms with Crippen LogP contribution in [-0.4, -0.2) is 26.7 Å². The topological polar surface area (TPSA) is 38.7 Å². The number of aryl methyl sites for hydroxylation is 1. The van der Waals surface area contributed by atoms with Gasteiger partial charge < -0.3 is 0 Å². The molecule has 0 aliphatic rings. The van der Waals surface area contributed by atoms with E-state index in [1.807, 2.05) is 43.2 Å². The molecule has 0 aliphatic heterocycles. The Bertz CT molecular complexity index is 492. The molecule has 0 N–H and O–H groups in total. The summed E-state index contributed by atoms with van der Waals surface area (Å²) in [5, 5.41) is 8.89. The zero-order chi connectivity index (χ0) is 15.3. The molecule has 0 aliphatic carbocycles. The van der Waals surface area contributed by atoms with Crippen molar-refractivity contribution in [3.05, 3.63) is 42.4 Å². The molecule has 0 saturated carbocycles. The van der Waals surface area contributed by atoms with E-state index in [-0.39, 0.29) is 0 Å². The first-order chi connectivity index (χ1) is 10.3. The van der Waals surface area contributed by atoms with E-state index in [0.717, 1.165) is 10.8 Å². The van der Waals surface area contributed by atoms with Crippen molar-refractivity contribution in [1.29, 1.82) is 0 Å². The van der Waals surface area contributed by atoms with Crippen molar-refractivity contribution in [3.8, 4) is 0 Å². The molecule has 0 unspecified atom stereocenters. The van der Waals surface area contributed by atoms with E-state index in [0.29, 0.717) is 0 Å². The maximum absolute atomic E-state index is 3.99. The van der Waals surface area contributed by atoms with E-state index in [2.05, 4.69) is 35.1 Å². The normalized spacial score (nSPS) is 9.86. The fourth-order valence-electron chi connectivity index (χ4n) is 1.37. The third-order valence-electron chi connectivity index (χ3n) is 2.35. The van der Waals surface area contributed by atoms with E-state index < -0.39 is 0 Å². The van der Waals surface area contributed by atoms with Crippen molar-refractivity contribution in [2.24, 2.45) is 0 Å². The third-order valence-corrected chi connectivity index (χ3v) is 4.67. The summed E-state index contributed by atoms with van der Waals surface area (Å²) in [6, 6.07) is 6.15. The number of hydrogen-bond donors (Lipinski definition) is 0. The summed E-state index contributed by atoms with van der Waals surface area (Å²) in [5.41, 5.74) is 1.18. The molecule has 0 spiro atoms. The maximum Gasteiger partial charge on any atom is 0.119 e. The van der Waals surface area contributed by atoms with Gasteiger partial charge in [-0.05, 0) is 55.0 Å². The van der Waals surface area contributed by atoms with Crippen LogP contribution in [0.4, 0.5) is 0 Å². The minimum Gasteiger partial charge on any atom is -0.265 e. The van der Waals surface area contributed by atoms with Crippen LogP contribution in [0, 0.1) is 6.92 Å². The average Bonchev–Trinajstić information content (AvgIpc) is 2.53. The van der Waals surface area contributed by atoms with Gasteiger partial charge in [-0.15, -0.1) is 28.6 Å². The van der Waals surface area contributed by atoms with Crippen LogP contribution in [0.1, 0.15) is 32.3 Å². The Labute approximate surface area is 136 Å². The van der Waals surface area contributed by atoms with Gasteiger partial charge in [0, 0.05) is 17.3 Å². The Balaban J connectivity index is 0.000000211. The molecule has 0 amide bonds. The Morgan fingerprint density at radius 3 is 2.29 bits per heavy atom. The maximum atomic E-state index is 3.99. The minimum atomic E-state index is 1.03. The van der Waals surface area contributed by atoms with E-state index >= 15 is 0 Å². The average molecular weight is 322 g/mol. The largest absolute Gasteiger partial charge is 0.265 e. The molecule has 5 heteroatoms. The lowest BCUT2D eigenvalue weighted by Crippen LogP contribution is -1.86. The predicted molar refractivity (Wildman–Crippen MR) is 93.0 cm³/mol. The lowest BCUT2D eigenvalue weighted by molar-refractivity contribution is 0.914. The predicted octanol–water partition coefficient (Wildman–Crippen LogP) is 4.87. The standard InChI is InChI=1S/C8H12N2S.C8H11NS/c1-3-4-11-8-5-7(2)6-9-10-8;1-2-7-10-8-3-5-9-6-4-8/h5-6H,3-4H2,1-2H3;3-6H,2,7H2,1H3. The van der Waals surface area contributed by atoms with Crippen LogP contribution >= 0.6 is 23.5 Å². The smallest absolute Gasteiger partial charge is 0.119 e. The highest BCUT2D eigenvalue weighted by Crippen LogP contribution is 2.16. The fourth-order valence-corrected chi connectivity index (χ4v) is 2.91. The van der Waals surface area contributed by atoms with Gasteiger partial charge in [0.2, 0.25) is 0 Å². The zero-order valence-electron chi connectivity index (χ0n) is 13.0. The van der Waals surface area contributed by atoms with Crippen molar-refractivity contribution >= 4 is 23.5 Å². The molecule has 21 heavy (non-hydrogen) atoms. The first kappa shape index (κ1) is 18.0. The van der Waals surface area contributed by atoms with E-state index in [9.17, 15) is 0 Å². The summed E-state index contributed by atoms with van der Waals surface area (Å²) in [6.45, 7) is 6.38. The second-order valence-electron chi connectivity index (χ2n) is 4.45. The van der Waals surface area contributed by atoms with Crippen LogP contribution in [-0.2, 0) is 0 Å². The van der Waals surface area contributed by atoms with Gasteiger partial charge in [0.1, 0.15) is 5.03 Å².